The van der Waals surface area contributed by atoms with Crippen molar-refractivity contribution in [2.75, 3.05) is 23.0 Å². The zero-order valence-electron chi connectivity index (χ0n) is 7.62. The summed E-state index contributed by atoms with van der Waals surface area (Å²) in [5.74, 6) is 5.07. The molecule has 2 aliphatic heterocycles. The van der Waals surface area contributed by atoms with Gasteiger partial charge in [0.2, 0.25) is 0 Å². The maximum atomic E-state index is 2.31. The van der Waals surface area contributed by atoms with Crippen LogP contribution in [0.4, 0.5) is 0 Å². The molecule has 14 heavy (non-hydrogen) atoms. The maximum Gasteiger partial charge on any atom is 0.0356 e. The largest absolute Gasteiger partial charge is 0.124 e. The van der Waals surface area contributed by atoms with E-state index in [1.54, 1.807) is 9.79 Å². The lowest BCUT2D eigenvalue weighted by atomic mass is 10.3. The van der Waals surface area contributed by atoms with E-state index in [0.717, 1.165) is 0 Å². The first-order valence-corrected chi connectivity index (χ1v) is 8.57. The van der Waals surface area contributed by atoms with E-state index >= 15 is 0 Å². The normalized spacial score (nSPS) is 20.0. The van der Waals surface area contributed by atoms with Gasteiger partial charge in [0.25, 0.3) is 0 Å². The monoisotopic (exact) mass is 258 g/mol. The molecule has 0 saturated heterocycles. The van der Waals surface area contributed by atoms with Gasteiger partial charge in [-0.05, 0) is 12.1 Å². The van der Waals surface area contributed by atoms with Crippen LogP contribution in [0.15, 0.2) is 31.7 Å². The Morgan fingerprint density at radius 2 is 1.07 bits per heavy atom. The molecule has 0 radical (unpaired) electrons. The highest BCUT2D eigenvalue weighted by Crippen LogP contribution is 2.48. The molecule has 3 rings (SSSR count). The predicted octanol–water partition coefficient (Wildman–Crippen LogP) is 4.08. The summed E-state index contributed by atoms with van der Waals surface area (Å²) in [5, 5.41) is 0. The summed E-state index contributed by atoms with van der Waals surface area (Å²) in [6.45, 7) is 0. The molecular weight excluding hydrogens is 248 g/mol. The number of thioether (sulfide) groups is 4. The first-order chi connectivity index (χ1) is 6.95. The molecule has 2 heterocycles. The van der Waals surface area contributed by atoms with Gasteiger partial charge in [-0.15, -0.1) is 47.0 Å². The molecule has 0 unspecified atom stereocenters. The van der Waals surface area contributed by atoms with Crippen LogP contribution in [-0.2, 0) is 0 Å². The van der Waals surface area contributed by atoms with Crippen molar-refractivity contribution in [1.29, 1.82) is 0 Å². The Labute approximate surface area is 101 Å². The van der Waals surface area contributed by atoms with Crippen molar-refractivity contribution in [2.45, 2.75) is 19.6 Å². The second-order valence-corrected chi connectivity index (χ2v) is 7.60. The quantitative estimate of drug-likeness (QED) is 0.687. The lowest BCUT2D eigenvalue weighted by Crippen LogP contribution is -2.01. The van der Waals surface area contributed by atoms with Crippen molar-refractivity contribution in [2.24, 2.45) is 0 Å². The second-order valence-electron chi connectivity index (χ2n) is 3.11. The molecule has 0 amide bonds. The van der Waals surface area contributed by atoms with E-state index in [2.05, 4.69) is 12.1 Å². The fourth-order valence-electron chi connectivity index (χ4n) is 1.62. The molecule has 1 aromatic carbocycles. The second kappa shape index (κ2) is 4.24. The molecular formula is C10H10S4. The van der Waals surface area contributed by atoms with Crippen molar-refractivity contribution in [3.63, 3.8) is 0 Å². The SMILES string of the molecule is c1cc2c3c(c1SCCS2)SCCS3. The Kier molecular flexibility index (Phi) is 2.97. The molecule has 4 heteroatoms. The third-order valence-electron chi connectivity index (χ3n) is 2.21. The van der Waals surface area contributed by atoms with E-state index in [1.807, 2.05) is 47.0 Å². The zero-order chi connectivity index (χ0) is 9.38. The highest BCUT2D eigenvalue weighted by Gasteiger charge is 2.20. The topological polar surface area (TPSA) is 0 Å². The van der Waals surface area contributed by atoms with Gasteiger partial charge in [-0.2, -0.15) is 0 Å². The minimum absolute atomic E-state index is 1.26. The Bertz CT molecular complexity index is 326. The van der Waals surface area contributed by atoms with Gasteiger partial charge >= 0.3 is 0 Å². The molecule has 2 bridgehead atoms. The lowest BCUT2D eigenvalue weighted by molar-refractivity contribution is 1.02. The van der Waals surface area contributed by atoms with Gasteiger partial charge in [-0.3, -0.25) is 0 Å². The Morgan fingerprint density at radius 1 is 0.643 bits per heavy atom. The molecule has 2 aliphatic rings. The molecule has 0 saturated carbocycles. The van der Waals surface area contributed by atoms with Crippen molar-refractivity contribution in [3.8, 4) is 0 Å². The van der Waals surface area contributed by atoms with Crippen molar-refractivity contribution >= 4 is 47.0 Å². The lowest BCUT2D eigenvalue weighted by Gasteiger charge is -2.23. The van der Waals surface area contributed by atoms with Crippen LogP contribution in [0, 0.1) is 0 Å². The molecule has 0 N–H and O–H groups in total. The van der Waals surface area contributed by atoms with Crippen LogP contribution in [-0.4, -0.2) is 23.0 Å². The molecule has 1 aromatic rings. The summed E-state index contributed by atoms with van der Waals surface area (Å²) in [7, 11) is 0. The van der Waals surface area contributed by atoms with Crippen LogP contribution >= 0.6 is 47.0 Å². The van der Waals surface area contributed by atoms with E-state index < -0.39 is 0 Å². The molecule has 0 aliphatic carbocycles. The van der Waals surface area contributed by atoms with E-state index in [-0.39, 0.29) is 0 Å². The van der Waals surface area contributed by atoms with Gasteiger partial charge in [-0.25, -0.2) is 0 Å². The summed E-state index contributed by atoms with van der Waals surface area (Å²) < 4.78 is 0. The summed E-state index contributed by atoms with van der Waals surface area (Å²) in [4.78, 5) is 6.16. The molecule has 0 atom stereocenters. The third kappa shape index (κ3) is 1.70. The maximum absolute atomic E-state index is 2.31. The van der Waals surface area contributed by atoms with Crippen LogP contribution in [0.25, 0.3) is 0 Å². The average molecular weight is 258 g/mol. The van der Waals surface area contributed by atoms with Gasteiger partial charge in [0.1, 0.15) is 0 Å². The van der Waals surface area contributed by atoms with Crippen LogP contribution in [0.3, 0.4) is 0 Å². The molecule has 0 nitrogen and oxygen atoms in total. The van der Waals surface area contributed by atoms with Gasteiger partial charge in [0.05, 0.1) is 0 Å². The van der Waals surface area contributed by atoms with Crippen LogP contribution in [0.5, 0.6) is 0 Å². The van der Waals surface area contributed by atoms with E-state index in [0.29, 0.717) is 0 Å². The number of rotatable bonds is 0. The van der Waals surface area contributed by atoms with Gasteiger partial charge in [-0.1, -0.05) is 0 Å². The van der Waals surface area contributed by atoms with Crippen molar-refractivity contribution < 1.29 is 0 Å². The Hall–Kier alpha value is 0.620. The average Bonchev–Trinajstić information content (AvgIpc) is 2.18. The van der Waals surface area contributed by atoms with Gasteiger partial charge < -0.3 is 0 Å². The van der Waals surface area contributed by atoms with Crippen molar-refractivity contribution in [3.05, 3.63) is 12.1 Å². The third-order valence-corrected chi connectivity index (χ3v) is 7.48. The predicted molar refractivity (Wildman–Crippen MR) is 69.3 cm³/mol. The van der Waals surface area contributed by atoms with E-state index in [4.69, 9.17) is 0 Å². The first kappa shape index (κ1) is 9.82. The Morgan fingerprint density at radius 3 is 1.57 bits per heavy atom. The number of benzene rings is 1. The Balaban J connectivity index is 2.17. The fourth-order valence-corrected chi connectivity index (χ4v) is 6.69. The summed E-state index contributed by atoms with van der Waals surface area (Å²) in [5.41, 5.74) is 0. The van der Waals surface area contributed by atoms with Gasteiger partial charge in [0.15, 0.2) is 0 Å². The van der Waals surface area contributed by atoms with Crippen LogP contribution < -0.4 is 0 Å². The van der Waals surface area contributed by atoms with Gasteiger partial charge in [0, 0.05) is 42.6 Å². The minimum Gasteiger partial charge on any atom is -0.124 e. The highest BCUT2D eigenvalue weighted by molar-refractivity contribution is 8.08. The fraction of sp³-hybridized carbons (Fsp3) is 0.400. The summed E-state index contributed by atoms with van der Waals surface area (Å²) in [6.07, 6.45) is 0. The zero-order valence-corrected chi connectivity index (χ0v) is 10.9. The standard InChI is InChI=1S/C10H10S4/c1-2-8-10-9(13-5-6-14-10)7(1)11-3-4-12-8/h1-2H,3-6H2. The van der Waals surface area contributed by atoms with E-state index in [9.17, 15) is 0 Å². The van der Waals surface area contributed by atoms with Crippen molar-refractivity contribution in [1.82, 2.24) is 0 Å². The molecule has 0 aromatic heterocycles. The first-order valence-electron chi connectivity index (χ1n) is 4.63. The van der Waals surface area contributed by atoms with Crippen LogP contribution in [0.2, 0.25) is 0 Å². The number of hydrogen-bond donors (Lipinski definition) is 0. The minimum atomic E-state index is 1.26. The molecule has 0 spiro atoms. The highest BCUT2D eigenvalue weighted by atomic mass is 32.2. The summed E-state index contributed by atoms with van der Waals surface area (Å²) >= 11 is 8.15. The van der Waals surface area contributed by atoms with E-state index in [1.165, 1.54) is 32.8 Å². The smallest absolute Gasteiger partial charge is 0.0356 e. The molecule has 0 fully saturated rings. The molecule has 74 valence electrons. The number of hydrogen-bond acceptors (Lipinski definition) is 4. The summed E-state index contributed by atoms with van der Waals surface area (Å²) in [6, 6.07) is 4.62. The van der Waals surface area contributed by atoms with Crippen LogP contribution in [0.1, 0.15) is 0 Å².